The molecule has 6 nitrogen and oxygen atoms in total. The third-order valence-electron chi connectivity index (χ3n) is 6.92. The minimum Gasteiger partial charge on any atom is -0.481 e. The number of carboxylic acids is 1. The summed E-state index contributed by atoms with van der Waals surface area (Å²) in [7, 11) is 0. The SMILES string of the molecule is C[C@H](CCc1nc2cc(C(=O)N3CC(c4cccc(F)c4)C3)ccc2nc1-c1ccccc1)CC(=O)O. The normalized spacial score (nSPS) is 14.4. The topological polar surface area (TPSA) is 83.4 Å². The number of carbonyl (C=O) groups excluding carboxylic acids is 1. The van der Waals surface area contributed by atoms with Gasteiger partial charge >= 0.3 is 5.97 Å². The third-order valence-corrected chi connectivity index (χ3v) is 6.92. The van der Waals surface area contributed by atoms with Crippen LogP contribution in [0.4, 0.5) is 4.39 Å². The molecule has 0 aliphatic carbocycles. The maximum Gasteiger partial charge on any atom is 0.303 e. The molecule has 1 aromatic heterocycles. The van der Waals surface area contributed by atoms with E-state index in [9.17, 15) is 14.0 Å². The van der Waals surface area contributed by atoms with Crippen LogP contribution in [0.15, 0.2) is 72.8 Å². The number of halogens is 1. The molecular weight excluding hydrogens is 469 g/mol. The van der Waals surface area contributed by atoms with Crippen molar-refractivity contribution in [2.45, 2.75) is 32.1 Å². The van der Waals surface area contributed by atoms with Crippen LogP contribution in [0, 0.1) is 11.7 Å². The Morgan fingerprint density at radius 3 is 2.51 bits per heavy atom. The van der Waals surface area contributed by atoms with Crippen LogP contribution in [0.2, 0.25) is 0 Å². The highest BCUT2D eigenvalue weighted by Gasteiger charge is 2.32. The van der Waals surface area contributed by atoms with E-state index in [0.29, 0.717) is 42.5 Å². The molecule has 1 N–H and O–H groups in total. The second-order valence-corrected chi connectivity index (χ2v) is 9.79. The summed E-state index contributed by atoms with van der Waals surface area (Å²) < 4.78 is 13.6. The molecule has 37 heavy (non-hydrogen) atoms. The predicted molar refractivity (Wildman–Crippen MR) is 140 cm³/mol. The number of benzene rings is 3. The lowest BCUT2D eigenvalue weighted by Crippen LogP contribution is -2.48. The maximum absolute atomic E-state index is 13.6. The van der Waals surface area contributed by atoms with Crippen molar-refractivity contribution >= 4 is 22.9 Å². The van der Waals surface area contributed by atoms with E-state index in [0.717, 1.165) is 22.5 Å². The van der Waals surface area contributed by atoms with Crippen molar-refractivity contribution in [2.24, 2.45) is 5.92 Å². The first kappa shape index (κ1) is 24.6. The van der Waals surface area contributed by atoms with Crippen LogP contribution in [0.3, 0.4) is 0 Å². The molecule has 1 aliphatic rings. The van der Waals surface area contributed by atoms with Gasteiger partial charge in [0, 0.05) is 36.6 Å². The van der Waals surface area contributed by atoms with E-state index in [-0.39, 0.29) is 30.0 Å². The average Bonchev–Trinajstić information content (AvgIpc) is 2.86. The summed E-state index contributed by atoms with van der Waals surface area (Å²) in [5.74, 6) is -1.02. The number of aliphatic carboxylic acids is 1. The van der Waals surface area contributed by atoms with Gasteiger partial charge in [0.05, 0.1) is 22.4 Å². The first-order valence-electron chi connectivity index (χ1n) is 12.5. The van der Waals surface area contributed by atoms with Gasteiger partial charge in [-0.3, -0.25) is 9.59 Å². The monoisotopic (exact) mass is 497 g/mol. The Morgan fingerprint density at radius 1 is 1.00 bits per heavy atom. The highest BCUT2D eigenvalue weighted by Crippen LogP contribution is 2.30. The molecule has 188 valence electrons. The highest BCUT2D eigenvalue weighted by atomic mass is 19.1. The summed E-state index contributed by atoms with van der Waals surface area (Å²) in [5.41, 5.74) is 5.28. The second-order valence-electron chi connectivity index (χ2n) is 9.79. The lowest BCUT2D eigenvalue weighted by molar-refractivity contribution is -0.138. The van der Waals surface area contributed by atoms with E-state index < -0.39 is 5.97 Å². The standard InChI is InChI=1S/C30H28FN3O3/c1-19(14-28(35)36)10-12-26-29(20-6-3-2-4-7-20)33-25-13-11-22(16-27(25)32-26)30(37)34-17-23(18-34)21-8-5-9-24(31)15-21/h2-9,11,13,15-16,19,23H,10,12,14,17-18H2,1H3,(H,35,36)/t19-/m1/s1. The third kappa shape index (κ3) is 5.50. The van der Waals surface area contributed by atoms with E-state index >= 15 is 0 Å². The Bertz CT molecular complexity index is 1450. The molecule has 1 saturated heterocycles. The van der Waals surface area contributed by atoms with Crippen LogP contribution in [0.1, 0.15) is 47.3 Å². The lowest BCUT2D eigenvalue weighted by Gasteiger charge is -2.39. The van der Waals surface area contributed by atoms with Gasteiger partial charge < -0.3 is 10.0 Å². The van der Waals surface area contributed by atoms with Crippen molar-refractivity contribution in [3.8, 4) is 11.3 Å². The van der Waals surface area contributed by atoms with Gasteiger partial charge in [0.1, 0.15) is 5.82 Å². The maximum atomic E-state index is 13.6. The Kier molecular flexibility index (Phi) is 6.95. The number of aryl methyl sites for hydroxylation is 1. The van der Waals surface area contributed by atoms with Crippen LogP contribution >= 0.6 is 0 Å². The van der Waals surface area contributed by atoms with Crippen molar-refractivity contribution in [3.05, 3.63) is 95.4 Å². The van der Waals surface area contributed by atoms with Crippen LogP contribution < -0.4 is 0 Å². The van der Waals surface area contributed by atoms with Crippen LogP contribution in [0.5, 0.6) is 0 Å². The average molecular weight is 498 g/mol. The molecule has 0 saturated carbocycles. The fraction of sp³-hybridized carbons (Fsp3) is 0.267. The largest absolute Gasteiger partial charge is 0.481 e. The molecular formula is C30H28FN3O3. The smallest absolute Gasteiger partial charge is 0.303 e. The summed E-state index contributed by atoms with van der Waals surface area (Å²) in [6.07, 6.45) is 1.36. The molecule has 0 bridgehead atoms. The quantitative estimate of drug-likeness (QED) is 0.337. The fourth-order valence-electron chi connectivity index (χ4n) is 4.81. The molecule has 3 aromatic carbocycles. The number of likely N-dealkylation sites (tertiary alicyclic amines) is 1. The minimum absolute atomic E-state index is 0.00369. The number of aromatic nitrogens is 2. The first-order chi connectivity index (χ1) is 17.9. The summed E-state index contributed by atoms with van der Waals surface area (Å²) in [5, 5.41) is 9.12. The van der Waals surface area contributed by atoms with Gasteiger partial charge in [0.25, 0.3) is 5.91 Å². The number of nitrogens with zero attached hydrogens (tertiary/aromatic N) is 3. The number of hydrogen-bond acceptors (Lipinski definition) is 4. The molecule has 5 rings (SSSR count). The summed E-state index contributed by atoms with van der Waals surface area (Å²) in [6, 6.07) is 21.7. The van der Waals surface area contributed by atoms with E-state index in [1.54, 1.807) is 23.1 Å². The van der Waals surface area contributed by atoms with Crippen LogP contribution in [-0.2, 0) is 11.2 Å². The van der Waals surface area contributed by atoms with Crippen molar-refractivity contribution in [3.63, 3.8) is 0 Å². The Balaban J connectivity index is 1.39. The van der Waals surface area contributed by atoms with Crippen LogP contribution in [-0.4, -0.2) is 44.9 Å². The Morgan fingerprint density at radius 2 is 1.78 bits per heavy atom. The fourth-order valence-corrected chi connectivity index (χ4v) is 4.81. The number of rotatable bonds is 8. The molecule has 0 unspecified atom stereocenters. The molecule has 1 amide bonds. The summed E-state index contributed by atoms with van der Waals surface area (Å²) >= 11 is 0. The van der Waals surface area contributed by atoms with Crippen molar-refractivity contribution < 1.29 is 19.1 Å². The van der Waals surface area contributed by atoms with Gasteiger partial charge in [-0.15, -0.1) is 0 Å². The Hall–Kier alpha value is -4.13. The number of carboxylic acid groups (broad SMARTS) is 1. The van der Waals surface area contributed by atoms with Crippen LogP contribution in [0.25, 0.3) is 22.3 Å². The lowest BCUT2D eigenvalue weighted by atomic mass is 9.91. The van der Waals surface area contributed by atoms with E-state index in [4.69, 9.17) is 15.1 Å². The molecule has 1 atom stereocenters. The van der Waals surface area contributed by atoms with Gasteiger partial charge in [-0.05, 0) is 54.7 Å². The molecule has 7 heteroatoms. The van der Waals surface area contributed by atoms with Gasteiger partial charge in [0.15, 0.2) is 0 Å². The first-order valence-corrected chi connectivity index (χ1v) is 12.5. The number of amides is 1. The second kappa shape index (κ2) is 10.5. The number of hydrogen-bond donors (Lipinski definition) is 1. The van der Waals surface area contributed by atoms with Crippen molar-refractivity contribution in [1.82, 2.24) is 14.9 Å². The highest BCUT2D eigenvalue weighted by molar-refractivity contribution is 5.98. The van der Waals surface area contributed by atoms with E-state index in [1.165, 1.54) is 12.1 Å². The summed E-state index contributed by atoms with van der Waals surface area (Å²) in [6.45, 7) is 3.02. The predicted octanol–water partition coefficient (Wildman–Crippen LogP) is 5.72. The van der Waals surface area contributed by atoms with E-state index in [1.807, 2.05) is 49.4 Å². The molecule has 4 aromatic rings. The van der Waals surface area contributed by atoms with Gasteiger partial charge in [-0.1, -0.05) is 49.4 Å². The number of carbonyl (C=O) groups is 2. The minimum atomic E-state index is -0.811. The molecule has 0 spiro atoms. The van der Waals surface area contributed by atoms with Gasteiger partial charge in [0.2, 0.25) is 0 Å². The zero-order chi connectivity index (χ0) is 25.9. The van der Waals surface area contributed by atoms with Gasteiger partial charge in [-0.25, -0.2) is 14.4 Å². The van der Waals surface area contributed by atoms with Crippen molar-refractivity contribution in [2.75, 3.05) is 13.1 Å². The molecule has 1 aliphatic heterocycles. The molecule has 0 radical (unpaired) electrons. The Labute approximate surface area is 214 Å². The van der Waals surface area contributed by atoms with Gasteiger partial charge in [-0.2, -0.15) is 0 Å². The zero-order valence-electron chi connectivity index (χ0n) is 20.6. The summed E-state index contributed by atoms with van der Waals surface area (Å²) in [4.78, 5) is 35.8. The molecule has 2 heterocycles. The number of fused-ring (bicyclic) bond motifs is 1. The van der Waals surface area contributed by atoms with E-state index in [2.05, 4.69) is 0 Å². The molecule has 1 fully saturated rings. The van der Waals surface area contributed by atoms with Crippen molar-refractivity contribution in [1.29, 1.82) is 0 Å². The zero-order valence-corrected chi connectivity index (χ0v) is 20.6.